The van der Waals surface area contributed by atoms with Crippen LogP contribution in [0.4, 0.5) is 5.69 Å². The Morgan fingerprint density at radius 2 is 1.70 bits per heavy atom. The SMILES string of the molecule is CC(=O)c1ccc(NC(=O)COC(=O)c2ccccc2I)cc1. The Balaban J connectivity index is 1.89. The van der Waals surface area contributed by atoms with Crippen molar-refractivity contribution in [1.82, 2.24) is 0 Å². The molecule has 0 bridgehead atoms. The van der Waals surface area contributed by atoms with Crippen LogP contribution in [0, 0.1) is 3.57 Å². The summed E-state index contributed by atoms with van der Waals surface area (Å²) in [5, 5.41) is 2.60. The van der Waals surface area contributed by atoms with E-state index in [9.17, 15) is 14.4 Å². The topological polar surface area (TPSA) is 72.5 Å². The van der Waals surface area contributed by atoms with E-state index in [4.69, 9.17) is 4.74 Å². The molecule has 1 N–H and O–H groups in total. The number of nitrogens with one attached hydrogen (secondary N) is 1. The molecule has 0 unspecified atom stereocenters. The van der Waals surface area contributed by atoms with Crippen molar-refractivity contribution in [2.45, 2.75) is 6.92 Å². The summed E-state index contributed by atoms with van der Waals surface area (Å²) in [6, 6.07) is 13.5. The highest BCUT2D eigenvalue weighted by Crippen LogP contribution is 2.13. The van der Waals surface area contributed by atoms with Gasteiger partial charge in [0.15, 0.2) is 12.4 Å². The van der Waals surface area contributed by atoms with Gasteiger partial charge in [-0.2, -0.15) is 0 Å². The molecule has 0 aliphatic heterocycles. The molecule has 2 aromatic carbocycles. The summed E-state index contributed by atoms with van der Waals surface area (Å²) >= 11 is 2.03. The number of hydrogen-bond acceptors (Lipinski definition) is 4. The van der Waals surface area contributed by atoms with Gasteiger partial charge in [0.2, 0.25) is 0 Å². The average molecular weight is 423 g/mol. The number of anilines is 1. The number of hydrogen-bond donors (Lipinski definition) is 1. The summed E-state index contributed by atoms with van der Waals surface area (Å²) in [6.45, 7) is 1.09. The van der Waals surface area contributed by atoms with E-state index in [-0.39, 0.29) is 12.4 Å². The minimum Gasteiger partial charge on any atom is -0.452 e. The molecule has 0 aliphatic rings. The van der Waals surface area contributed by atoms with Crippen LogP contribution in [0.15, 0.2) is 48.5 Å². The lowest BCUT2D eigenvalue weighted by atomic mass is 10.1. The summed E-state index contributed by atoms with van der Waals surface area (Å²) in [4.78, 5) is 34.9. The van der Waals surface area contributed by atoms with Gasteiger partial charge in [-0.05, 0) is 65.9 Å². The summed E-state index contributed by atoms with van der Waals surface area (Å²) < 4.78 is 5.75. The molecular weight excluding hydrogens is 409 g/mol. The molecule has 1 amide bonds. The lowest BCUT2D eigenvalue weighted by Gasteiger charge is -2.08. The van der Waals surface area contributed by atoms with Crippen LogP contribution >= 0.6 is 22.6 Å². The maximum Gasteiger partial charge on any atom is 0.339 e. The highest BCUT2D eigenvalue weighted by atomic mass is 127. The molecule has 118 valence electrons. The second-order valence-corrected chi connectivity index (χ2v) is 5.90. The fourth-order valence-corrected chi connectivity index (χ4v) is 2.43. The number of halogens is 1. The Morgan fingerprint density at radius 1 is 1.04 bits per heavy atom. The smallest absolute Gasteiger partial charge is 0.339 e. The van der Waals surface area contributed by atoms with E-state index >= 15 is 0 Å². The van der Waals surface area contributed by atoms with Crippen molar-refractivity contribution in [3.05, 3.63) is 63.2 Å². The van der Waals surface area contributed by atoms with E-state index in [2.05, 4.69) is 5.32 Å². The van der Waals surface area contributed by atoms with Crippen LogP contribution < -0.4 is 5.32 Å². The van der Waals surface area contributed by atoms with Crippen molar-refractivity contribution >= 4 is 45.9 Å². The number of rotatable bonds is 5. The van der Waals surface area contributed by atoms with Gasteiger partial charge >= 0.3 is 5.97 Å². The molecular formula is C17H14INO4. The van der Waals surface area contributed by atoms with E-state index in [0.717, 1.165) is 3.57 Å². The lowest BCUT2D eigenvalue weighted by molar-refractivity contribution is -0.119. The lowest BCUT2D eigenvalue weighted by Crippen LogP contribution is -2.21. The highest BCUT2D eigenvalue weighted by molar-refractivity contribution is 14.1. The number of amides is 1. The average Bonchev–Trinajstić information content (AvgIpc) is 2.53. The first-order chi connectivity index (χ1) is 11.0. The van der Waals surface area contributed by atoms with Crippen molar-refractivity contribution in [1.29, 1.82) is 0 Å². The zero-order chi connectivity index (χ0) is 16.8. The predicted molar refractivity (Wildman–Crippen MR) is 94.5 cm³/mol. The minimum absolute atomic E-state index is 0.0470. The van der Waals surface area contributed by atoms with Crippen molar-refractivity contribution in [3.8, 4) is 0 Å². The Morgan fingerprint density at radius 3 is 2.30 bits per heavy atom. The van der Waals surface area contributed by atoms with Gasteiger partial charge in [0.1, 0.15) is 0 Å². The van der Waals surface area contributed by atoms with Gasteiger partial charge in [-0.15, -0.1) is 0 Å². The van der Waals surface area contributed by atoms with E-state index in [1.54, 1.807) is 42.5 Å². The van der Waals surface area contributed by atoms with E-state index < -0.39 is 11.9 Å². The highest BCUT2D eigenvalue weighted by Gasteiger charge is 2.13. The molecule has 0 saturated carbocycles. The molecule has 2 rings (SSSR count). The summed E-state index contributed by atoms with van der Waals surface area (Å²) in [5.74, 6) is -1.04. The molecule has 2 aromatic rings. The molecule has 0 radical (unpaired) electrons. The van der Waals surface area contributed by atoms with Crippen LogP contribution in [-0.2, 0) is 9.53 Å². The van der Waals surface area contributed by atoms with Gasteiger partial charge < -0.3 is 10.1 Å². The zero-order valence-electron chi connectivity index (χ0n) is 12.3. The van der Waals surface area contributed by atoms with E-state index in [1.807, 2.05) is 28.7 Å². The fourth-order valence-electron chi connectivity index (χ4n) is 1.82. The van der Waals surface area contributed by atoms with Gasteiger partial charge in [-0.1, -0.05) is 12.1 Å². The van der Waals surface area contributed by atoms with Crippen LogP contribution in [0.5, 0.6) is 0 Å². The first-order valence-electron chi connectivity index (χ1n) is 6.80. The first-order valence-corrected chi connectivity index (χ1v) is 7.88. The summed E-state index contributed by atoms with van der Waals surface area (Å²) in [7, 11) is 0. The van der Waals surface area contributed by atoms with Gasteiger partial charge in [-0.25, -0.2) is 4.79 Å². The quantitative estimate of drug-likeness (QED) is 0.455. The Bertz CT molecular complexity index is 741. The molecule has 0 aromatic heterocycles. The number of carbonyl (C=O) groups is 3. The number of carbonyl (C=O) groups excluding carboxylic acids is 3. The van der Waals surface area contributed by atoms with Crippen LogP contribution in [0.1, 0.15) is 27.6 Å². The molecule has 23 heavy (non-hydrogen) atoms. The molecule has 0 aliphatic carbocycles. The predicted octanol–water partition coefficient (Wildman–Crippen LogP) is 3.29. The maximum absolute atomic E-state index is 11.9. The second kappa shape index (κ2) is 7.87. The van der Waals surface area contributed by atoms with Crippen LogP contribution in [0.3, 0.4) is 0 Å². The third kappa shape index (κ3) is 4.88. The Labute approximate surface area is 147 Å². The zero-order valence-corrected chi connectivity index (χ0v) is 14.5. The first kappa shape index (κ1) is 17.1. The second-order valence-electron chi connectivity index (χ2n) is 4.74. The summed E-state index contributed by atoms with van der Waals surface area (Å²) in [5.41, 5.74) is 1.52. The van der Waals surface area contributed by atoms with E-state index in [0.29, 0.717) is 16.8 Å². The van der Waals surface area contributed by atoms with Crippen LogP contribution in [-0.4, -0.2) is 24.3 Å². The van der Waals surface area contributed by atoms with Crippen LogP contribution in [0.25, 0.3) is 0 Å². The fraction of sp³-hybridized carbons (Fsp3) is 0.118. The molecule has 0 saturated heterocycles. The monoisotopic (exact) mass is 423 g/mol. The third-order valence-electron chi connectivity index (χ3n) is 3.00. The Kier molecular flexibility index (Phi) is 5.86. The molecule has 5 nitrogen and oxygen atoms in total. The summed E-state index contributed by atoms with van der Waals surface area (Å²) in [6.07, 6.45) is 0. The van der Waals surface area contributed by atoms with Gasteiger partial charge in [-0.3, -0.25) is 9.59 Å². The number of esters is 1. The molecule has 6 heteroatoms. The number of benzene rings is 2. The van der Waals surface area contributed by atoms with Crippen LogP contribution in [0.2, 0.25) is 0 Å². The van der Waals surface area contributed by atoms with Crippen molar-refractivity contribution in [2.75, 3.05) is 11.9 Å². The van der Waals surface area contributed by atoms with E-state index in [1.165, 1.54) is 6.92 Å². The molecule has 0 heterocycles. The Hall–Kier alpha value is -2.22. The molecule has 0 fully saturated rings. The van der Waals surface area contributed by atoms with Crippen molar-refractivity contribution < 1.29 is 19.1 Å². The largest absolute Gasteiger partial charge is 0.452 e. The normalized spacial score (nSPS) is 10.0. The maximum atomic E-state index is 11.9. The minimum atomic E-state index is -0.544. The molecule has 0 spiro atoms. The standard InChI is InChI=1S/C17H14INO4/c1-11(20)12-6-8-13(9-7-12)19-16(21)10-23-17(22)14-4-2-3-5-15(14)18/h2-9H,10H2,1H3,(H,19,21). The molecule has 0 atom stereocenters. The number of Topliss-reactive ketones (excluding diaryl/α,β-unsaturated/α-hetero) is 1. The van der Waals surface area contributed by atoms with Gasteiger partial charge in [0.05, 0.1) is 5.56 Å². The third-order valence-corrected chi connectivity index (χ3v) is 3.94. The van der Waals surface area contributed by atoms with Crippen molar-refractivity contribution in [2.24, 2.45) is 0 Å². The number of ketones is 1. The van der Waals surface area contributed by atoms with Gasteiger partial charge in [0, 0.05) is 14.8 Å². The van der Waals surface area contributed by atoms with Gasteiger partial charge in [0.25, 0.3) is 5.91 Å². The van der Waals surface area contributed by atoms with Crippen molar-refractivity contribution in [3.63, 3.8) is 0 Å². The number of ether oxygens (including phenoxy) is 1.